The van der Waals surface area contributed by atoms with Gasteiger partial charge in [0.2, 0.25) is 0 Å². The van der Waals surface area contributed by atoms with Gasteiger partial charge in [-0.3, -0.25) is 9.98 Å². The summed E-state index contributed by atoms with van der Waals surface area (Å²) in [5.74, 6) is 0. The predicted molar refractivity (Wildman–Crippen MR) is 94.3 cm³/mol. The fourth-order valence-corrected chi connectivity index (χ4v) is 4.12. The van der Waals surface area contributed by atoms with Crippen LogP contribution in [0.3, 0.4) is 0 Å². The molecule has 0 radical (unpaired) electrons. The smallest absolute Gasteiger partial charge is 0.192 e. The SMILES string of the molecule is N=c1c2ncn([C@@H]3O[C@H](CO)[C@](O)([C@H]4O[C@H](CO)[C@@H](O)[C@H](O)[C@H]4O)[C@H]3O)c2ncn1O. The number of nitrogens with one attached hydrogen (secondary N) is 1. The van der Waals surface area contributed by atoms with Gasteiger partial charge in [-0.15, -0.1) is 0 Å². The van der Waals surface area contributed by atoms with Crippen LogP contribution in [0.25, 0.3) is 11.2 Å². The molecular weight excluding hydrogens is 422 g/mol. The second-order valence-electron chi connectivity index (χ2n) is 7.54. The first-order valence-electron chi connectivity index (χ1n) is 9.32. The maximum atomic E-state index is 11.3. The van der Waals surface area contributed by atoms with Gasteiger partial charge in [0.05, 0.1) is 19.5 Å². The first-order chi connectivity index (χ1) is 14.7. The van der Waals surface area contributed by atoms with Crippen LogP contribution in [0, 0.1) is 5.41 Å². The molecule has 2 aromatic rings. The Bertz CT molecular complexity index is 1010. The van der Waals surface area contributed by atoms with Crippen LogP contribution in [-0.2, 0) is 9.47 Å². The lowest BCUT2D eigenvalue weighted by Gasteiger charge is -2.47. The molecule has 2 fully saturated rings. The van der Waals surface area contributed by atoms with Crippen LogP contribution in [0.2, 0.25) is 0 Å². The van der Waals surface area contributed by atoms with Gasteiger partial charge in [0, 0.05) is 0 Å². The Morgan fingerprint density at radius 1 is 1.00 bits per heavy atom. The van der Waals surface area contributed by atoms with Gasteiger partial charge >= 0.3 is 0 Å². The number of ether oxygens (including phenoxy) is 2. The molecule has 2 saturated heterocycles. The highest BCUT2D eigenvalue weighted by atomic mass is 16.6. The largest absolute Gasteiger partial charge is 0.425 e. The quantitative estimate of drug-likeness (QED) is 0.201. The predicted octanol–water partition coefficient (Wildman–Crippen LogP) is -5.23. The molecule has 4 heterocycles. The van der Waals surface area contributed by atoms with Gasteiger partial charge in [0.1, 0.15) is 49.1 Å². The van der Waals surface area contributed by atoms with Gasteiger partial charge in [0.25, 0.3) is 0 Å². The fraction of sp³-hybridized carbons (Fsp3) is 0.688. The van der Waals surface area contributed by atoms with Crippen LogP contribution in [0.5, 0.6) is 0 Å². The monoisotopic (exact) mass is 445 g/mol. The molecule has 2 aliphatic rings. The van der Waals surface area contributed by atoms with Gasteiger partial charge in [0.15, 0.2) is 28.5 Å². The summed E-state index contributed by atoms with van der Waals surface area (Å²) in [6.45, 7) is -1.59. The Hall–Kier alpha value is -2.21. The number of aromatic nitrogens is 4. The van der Waals surface area contributed by atoms with Gasteiger partial charge in [-0.2, -0.15) is 4.73 Å². The van der Waals surface area contributed by atoms with Gasteiger partial charge < -0.3 is 50.4 Å². The number of rotatable bonds is 4. The summed E-state index contributed by atoms with van der Waals surface area (Å²) in [6, 6.07) is 0. The third kappa shape index (κ3) is 3.05. The second-order valence-corrected chi connectivity index (χ2v) is 7.54. The lowest BCUT2D eigenvalue weighted by atomic mass is 9.79. The van der Waals surface area contributed by atoms with Crippen molar-refractivity contribution in [1.82, 2.24) is 19.3 Å². The van der Waals surface area contributed by atoms with Crippen molar-refractivity contribution in [3.63, 3.8) is 0 Å². The van der Waals surface area contributed by atoms with E-state index < -0.39 is 73.3 Å². The van der Waals surface area contributed by atoms with E-state index in [-0.39, 0.29) is 11.2 Å². The molecular formula is C16H23N5O10. The van der Waals surface area contributed by atoms with E-state index in [0.717, 1.165) is 17.2 Å². The van der Waals surface area contributed by atoms with Crippen molar-refractivity contribution in [2.75, 3.05) is 13.2 Å². The number of hydrogen-bond acceptors (Lipinski definition) is 13. The molecule has 172 valence electrons. The number of imidazole rings is 1. The zero-order valence-corrected chi connectivity index (χ0v) is 15.9. The van der Waals surface area contributed by atoms with E-state index in [9.17, 15) is 41.0 Å². The van der Waals surface area contributed by atoms with Crippen molar-refractivity contribution in [3.8, 4) is 0 Å². The third-order valence-corrected chi connectivity index (χ3v) is 5.86. The molecule has 2 aliphatic heterocycles. The summed E-state index contributed by atoms with van der Waals surface area (Å²) in [6.07, 6.45) is -11.4. The average molecular weight is 445 g/mol. The van der Waals surface area contributed by atoms with Crippen LogP contribution in [-0.4, -0.2) is 122 Å². The van der Waals surface area contributed by atoms with E-state index in [1.165, 1.54) is 0 Å². The fourth-order valence-electron chi connectivity index (χ4n) is 4.12. The van der Waals surface area contributed by atoms with Gasteiger partial charge in [-0.05, 0) is 0 Å². The molecule has 15 heteroatoms. The summed E-state index contributed by atoms with van der Waals surface area (Å²) in [7, 11) is 0. The molecule has 0 aliphatic carbocycles. The van der Waals surface area contributed by atoms with Crippen molar-refractivity contribution in [1.29, 1.82) is 5.41 Å². The molecule has 0 saturated carbocycles. The van der Waals surface area contributed by atoms with Gasteiger partial charge in [-0.1, -0.05) is 0 Å². The third-order valence-electron chi connectivity index (χ3n) is 5.86. The molecule has 9 atom stereocenters. The highest BCUT2D eigenvalue weighted by molar-refractivity contribution is 5.68. The standard InChI is InChI=1S/C16H23N5O10/c17-13-7-14(19-4-21(13)29)20(3-18-7)15-11(27)16(28,6(2-23)31-15)12-10(26)9(25)8(24)5(1-22)30-12/h3-6,8-12,15,17,22-29H,1-2H2/t5-,6-,8-,9+,10-,11+,12+,15-,16-/m1/s1. The maximum absolute atomic E-state index is 11.3. The first kappa shape index (κ1) is 22.0. The van der Waals surface area contributed by atoms with Crippen LogP contribution in [0.15, 0.2) is 12.7 Å². The molecule has 2 aromatic heterocycles. The van der Waals surface area contributed by atoms with E-state index in [2.05, 4.69) is 9.97 Å². The molecule has 31 heavy (non-hydrogen) atoms. The van der Waals surface area contributed by atoms with Crippen molar-refractivity contribution in [2.45, 2.75) is 54.6 Å². The van der Waals surface area contributed by atoms with Crippen LogP contribution < -0.4 is 5.49 Å². The summed E-state index contributed by atoms with van der Waals surface area (Å²) >= 11 is 0. The van der Waals surface area contributed by atoms with Crippen molar-refractivity contribution < 1.29 is 50.4 Å². The molecule has 9 N–H and O–H groups in total. The summed E-state index contributed by atoms with van der Waals surface area (Å²) in [4.78, 5) is 7.87. The first-order valence-corrected chi connectivity index (χ1v) is 9.32. The van der Waals surface area contributed by atoms with Crippen molar-refractivity contribution in [3.05, 3.63) is 18.1 Å². The molecule has 15 nitrogen and oxygen atoms in total. The van der Waals surface area contributed by atoms with Crippen LogP contribution >= 0.6 is 0 Å². The number of aliphatic hydroxyl groups excluding tert-OH is 6. The minimum absolute atomic E-state index is 0.00842. The van der Waals surface area contributed by atoms with Crippen molar-refractivity contribution >= 4 is 11.2 Å². The molecule has 0 spiro atoms. The summed E-state index contributed by atoms with van der Waals surface area (Å²) in [5, 5.41) is 89.4. The average Bonchev–Trinajstić information content (AvgIpc) is 3.29. The van der Waals surface area contributed by atoms with E-state index in [4.69, 9.17) is 14.9 Å². The number of hydrogen-bond donors (Lipinski definition) is 9. The molecule has 4 rings (SSSR count). The van der Waals surface area contributed by atoms with Crippen LogP contribution in [0.4, 0.5) is 0 Å². The lowest BCUT2D eigenvalue weighted by Crippen LogP contribution is -2.70. The molecule has 0 unspecified atom stereocenters. The Balaban J connectivity index is 1.75. The Morgan fingerprint density at radius 3 is 2.35 bits per heavy atom. The minimum Gasteiger partial charge on any atom is -0.425 e. The second kappa shape index (κ2) is 7.73. The number of aliphatic hydroxyl groups is 7. The van der Waals surface area contributed by atoms with E-state index in [1.54, 1.807) is 0 Å². The summed E-state index contributed by atoms with van der Waals surface area (Å²) < 4.78 is 12.6. The molecule has 0 bridgehead atoms. The number of fused-ring (bicyclic) bond motifs is 1. The normalized spacial score (nSPS) is 41.1. The zero-order valence-electron chi connectivity index (χ0n) is 15.9. The van der Waals surface area contributed by atoms with Gasteiger partial charge in [-0.25, -0.2) is 9.97 Å². The molecule has 0 aromatic carbocycles. The minimum atomic E-state index is -2.50. The van der Waals surface area contributed by atoms with E-state index in [0.29, 0.717) is 4.73 Å². The van der Waals surface area contributed by atoms with Crippen LogP contribution in [0.1, 0.15) is 6.23 Å². The van der Waals surface area contributed by atoms with E-state index >= 15 is 0 Å². The maximum Gasteiger partial charge on any atom is 0.192 e. The topological polar surface area (TPSA) is 240 Å². The Kier molecular flexibility index (Phi) is 5.49. The summed E-state index contributed by atoms with van der Waals surface area (Å²) in [5.41, 5.74) is -2.95. The Labute approximate surface area is 173 Å². The highest BCUT2D eigenvalue weighted by Crippen LogP contribution is 2.44. The molecule has 0 amide bonds. The lowest BCUT2D eigenvalue weighted by molar-refractivity contribution is -0.288. The number of nitrogens with zero attached hydrogens (tertiary/aromatic N) is 4. The highest BCUT2D eigenvalue weighted by Gasteiger charge is 2.65. The zero-order chi connectivity index (χ0) is 22.7. The Morgan fingerprint density at radius 2 is 1.71 bits per heavy atom. The van der Waals surface area contributed by atoms with E-state index in [1.807, 2.05) is 0 Å². The van der Waals surface area contributed by atoms with Crippen molar-refractivity contribution in [2.24, 2.45) is 0 Å².